The molecule has 0 saturated carbocycles. The highest BCUT2D eigenvalue weighted by Gasteiger charge is 2.30. The molecule has 0 aliphatic carbocycles. The summed E-state index contributed by atoms with van der Waals surface area (Å²) < 4.78 is 0. The van der Waals surface area contributed by atoms with Crippen molar-refractivity contribution in [3.05, 3.63) is 95.1 Å². The second kappa shape index (κ2) is 14.0. The fraction of sp³-hybridized carbons (Fsp3) is 0.412. The van der Waals surface area contributed by atoms with E-state index in [0.29, 0.717) is 62.7 Å². The monoisotopic (exact) mass is 544 g/mol. The van der Waals surface area contributed by atoms with Crippen LogP contribution >= 0.6 is 0 Å². The summed E-state index contributed by atoms with van der Waals surface area (Å²) in [6, 6.07) is 22.9. The molecule has 4 N–H and O–H groups in total. The summed E-state index contributed by atoms with van der Waals surface area (Å²) in [4.78, 5) is 24.6. The van der Waals surface area contributed by atoms with Crippen LogP contribution in [0.2, 0.25) is 0 Å². The van der Waals surface area contributed by atoms with Gasteiger partial charge in [0.15, 0.2) is 0 Å². The third kappa shape index (κ3) is 9.15. The van der Waals surface area contributed by atoms with Crippen LogP contribution in [-0.2, 0) is 33.5 Å². The molecular formula is C34H44N2O4. The average molecular weight is 545 g/mol. The maximum absolute atomic E-state index is 12.3. The minimum Gasteiger partial charge on any atom is -0.508 e. The van der Waals surface area contributed by atoms with Crippen LogP contribution in [0.4, 0.5) is 0 Å². The Morgan fingerprint density at radius 2 is 0.975 bits per heavy atom. The summed E-state index contributed by atoms with van der Waals surface area (Å²) in [5.41, 5.74) is 2.59. The lowest BCUT2D eigenvalue weighted by Crippen LogP contribution is -2.24. The fourth-order valence-electron chi connectivity index (χ4n) is 5.08. The number of nitrogens with one attached hydrogen (secondary N) is 2. The van der Waals surface area contributed by atoms with Gasteiger partial charge in [-0.25, -0.2) is 0 Å². The van der Waals surface area contributed by atoms with E-state index in [2.05, 4.69) is 10.6 Å². The number of benzene rings is 3. The van der Waals surface area contributed by atoms with Crippen molar-refractivity contribution in [3.63, 3.8) is 0 Å². The highest BCUT2D eigenvalue weighted by atomic mass is 16.3. The van der Waals surface area contributed by atoms with E-state index in [0.717, 1.165) is 11.1 Å². The summed E-state index contributed by atoms with van der Waals surface area (Å²) in [5, 5.41) is 27.9. The Bertz CT molecular complexity index is 1150. The van der Waals surface area contributed by atoms with Crippen molar-refractivity contribution in [1.82, 2.24) is 10.6 Å². The molecule has 0 aromatic heterocycles. The lowest BCUT2D eigenvalue weighted by molar-refractivity contribution is -0.122. The van der Waals surface area contributed by atoms with Gasteiger partial charge in [-0.3, -0.25) is 9.59 Å². The van der Waals surface area contributed by atoms with Gasteiger partial charge in [-0.15, -0.1) is 0 Å². The van der Waals surface area contributed by atoms with E-state index in [1.807, 2.05) is 88.4 Å². The zero-order valence-electron chi connectivity index (χ0n) is 24.3. The lowest BCUT2D eigenvalue weighted by atomic mass is 9.75. The Labute approximate surface area is 238 Å². The van der Waals surface area contributed by atoms with Gasteiger partial charge in [0.1, 0.15) is 11.5 Å². The molecule has 6 nitrogen and oxygen atoms in total. The van der Waals surface area contributed by atoms with Crippen molar-refractivity contribution < 1.29 is 19.8 Å². The van der Waals surface area contributed by atoms with E-state index in [1.54, 1.807) is 12.1 Å². The number of rotatable bonds is 14. The van der Waals surface area contributed by atoms with Gasteiger partial charge >= 0.3 is 0 Å². The van der Waals surface area contributed by atoms with Crippen LogP contribution in [-0.4, -0.2) is 22.0 Å². The molecule has 0 heterocycles. The minimum absolute atomic E-state index is 0.00225. The van der Waals surface area contributed by atoms with Gasteiger partial charge in [-0.05, 0) is 59.8 Å². The molecule has 0 radical (unpaired) electrons. The van der Waals surface area contributed by atoms with E-state index in [9.17, 15) is 19.8 Å². The molecule has 0 fully saturated rings. The van der Waals surface area contributed by atoms with Crippen LogP contribution < -0.4 is 10.6 Å². The van der Waals surface area contributed by atoms with Crippen molar-refractivity contribution in [2.45, 2.75) is 90.1 Å². The van der Waals surface area contributed by atoms with Crippen molar-refractivity contribution in [2.24, 2.45) is 0 Å². The Balaban J connectivity index is 1.50. The first-order chi connectivity index (χ1) is 19.0. The van der Waals surface area contributed by atoms with E-state index >= 15 is 0 Å². The number of carbonyl (C=O) groups is 2. The summed E-state index contributed by atoms with van der Waals surface area (Å²) >= 11 is 0. The van der Waals surface area contributed by atoms with E-state index in [-0.39, 0.29) is 23.3 Å². The second-order valence-electron chi connectivity index (χ2n) is 11.9. The SMILES string of the molecule is CC(C)(CCCC(=O)NCc1ccccc1)c1cc(O)c(C(C)(C)CCCC(=O)NCc2ccccc2)cc1O. The summed E-state index contributed by atoms with van der Waals surface area (Å²) in [5.74, 6) is 0.273. The zero-order chi connectivity index (χ0) is 29.2. The Hall–Kier alpha value is -3.80. The molecule has 40 heavy (non-hydrogen) atoms. The molecule has 6 heteroatoms. The Morgan fingerprint density at radius 3 is 1.32 bits per heavy atom. The van der Waals surface area contributed by atoms with Crippen LogP contribution in [0, 0.1) is 0 Å². The van der Waals surface area contributed by atoms with Crippen LogP contribution in [0.15, 0.2) is 72.8 Å². The largest absolute Gasteiger partial charge is 0.508 e. The van der Waals surface area contributed by atoms with Crippen LogP contribution in [0.25, 0.3) is 0 Å². The molecule has 0 spiro atoms. The van der Waals surface area contributed by atoms with Crippen molar-refractivity contribution in [2.75, 3.05) is 0 Å². The molecule has 0 atom stereocenters. The maximum Gasteiger partial charge on any atom is 0.220 e. The normalized spacial score (nSPS) is 11.7. The predicted molar refractivity (Wildman–Crippen MR) is 160 cm³/mol. The highest BCUT2D eigenvalue weighted by Crippen LogP contribution is 2.43. The molecule has 3 rings (SSSR count). The molecule has 214 valence electrons. The smallest absolute Gasteiger partial charge is 0.220 e. The first kappa shape index (κ1) is 30.7. The minimum atomic E-state index is -0.430. The van der Waals surface area contributed by atoms with Crippen LogP contribution in [0.3, 0.4) is 0 Å². The molecule has 0 unspecified atom stereocenters. The molecule has 0 aliphatic heterocycles. The number of hydrogen-bond acceptors (Lipinski definition) is 4. The standard InChI is InChI=1S/C34H44N2O4/c1-33(2,19-11-17-31(39)35-23-25-13-7-5-8-14-25)27-21-30(38)28(22-29(27)37)34(3,4)20-12-18-32(40)36-24-26-15-9-6-10-16-26/h5-10,13-16,21-22,37-38H,11-12,17-20,23-24H2,1-4H3,(H,35,39)(H,36,40). The summed E-state index contributed by atoms with van der Waals surface area (Å²) in [6.07, 6.45) is 3.47. The molecule has 3 aromatic carbocycles. The third-order valence-electron chi connectivity index (χ3n) is 7.65. The third-order valence-corrected chi connectivity index (χ3v) is 7.65. The first-order valence-corrected chi connectivity index (χ1v) is 14.2. The van der Waals surface area contributed by atoms with Gasteiger partial charge in [-0.1, -0.05) is 88.4 Å². The maximum atomic E-state index is 12.3. The zero-order valence-corrected chi connectivity index (χ0v) is 24.3. The highest BCUT2D eigenvalue weighted by molar-refractivity contribution is 5.76. The Kier molecular flexibility index (Phi) is 10.8. The van der Waals surface area contributed by atoms with Gasteiger partial charge < -0.3 is 20.8 Å². The van der Waals surface area contributed by atoms with Gasteiger partial charge in [0.25, 0.3) is 0 Å². The number of amides is 2. The van der Waals surface area contributed by atoms with Gasteiger partial charge in [0.2, 0.25) is 11.8 Å². The van der Waals surface area contributed by atoms with Gasteiger partial charge in [0, 0.05) is 37.1 Å². The number of aromatic hydroxyl groups is 2. The Morgan fingerprint density at radius 1 is 0.625 bits per heavy atom. The van der Waals surface area contributed by atoms with Crippen LogP contribution in [0.1, 0.15) is 88.5 Å². The van der Waals surface area contributed by atoms with Gasteiger partial charge in [0.05, 0.1) is 0 Å². The second-order valence-corrected chi connectivity index (χ2v) is 11.9. The van der Waals surface area contributed by atoms with Crippen molar-refractivity contribution in [1.29, 1.82) is 0 Å². The van der Waals surface area contributed by atoms with Crippen molar-refractivity contribution >= 4 is 11.8 Å². The number of phenolic OH excluding ortho intramolecular Hbond substituents is 2. The quantitative estimate of drug-likeness (QED) is 0.171. The molecule has 3 aromatic rings. The first-order valence-electron chi connectivity index (χ1n) is 14.2. The number of carbonyl (C=O) groups excluding carboxylic acids is 2. The van der Waals surface area contributed by atoms with E-state index < -0.39 is 10.8 Å². The molecule has 2 amide bonds. The molecule has 0 bridgehead atoms. The lowest BCUT2D eigenvalue weighted by Gasteiger charge is -2.30. The molecule has 0 aliphatic rings. The van der Waals surface area contributed by atoms with E-state index in [1.165, 1.54) is 0 Å². The number of hydrogen-bond donors (Lipinski definition) is 4. The number of phenols is 2. The van der Waals surface area contributed by atoms with Crippen LogP contribution in [0.5, 0.6) is 11.5 Å². The van der Waals surface area contributed by atoms with Crippen molar-refractivity contribution in [3.8, 4) is 11.5 Å². The summed E-state index contributed by atoms with van der Waals surface area (Å²) in [6.45, 7) is 9.08. The summed E-state index contributed by atoms with van der Waals surface area (Å²) in [7, 11) is 0. The topological polar surface area (TPSA) is 98.7 Å². The predicted octanol–water partition coefficient (Wildman–Crippen LogP) is 6.63. The van der Waals surface area contributed by atoms with E-state index in [4.69, 9.17) is 0 Å². The molecular weight excluding hydrogens is 500 g/mol. The average Bonchev–Trinajstić information content (AvgIpc) is 2.92. The molecule has 0 saturated heterocycles. The fourth-order valence-corrected chi connectivity index (χ4v) is 5.08. The van der Waals surface area contributed by atoms with Gasteiger partial charge in [-0.2, -0.15) is 0 Å².